The molecule has 0 bridgehead atoms. The first-order chi connectivity index (χ1) is 8.17. The summed E-state index contributed by atoms with van der Waals surface area (Å²) in [6, 6.07) is 9.04. The number of rotatable bonds is 5. The van der Waals surface area contributed by atoms with Gasteiger partial charge in [0.2, 0.25) is 0 Å². The van der Waals surface area contributed by atoms with Crippen LogP contribution in [0, 0.1) is 5.92 Å². The van der Waals surface area contributed by atoms with Crippen molar-refractivity contribution in [2.24, 2.45) is 5.92 Å². The van der Waals surface area contributed by atoms with E-state index in [4.69, 9.17) is 0 Å². The molecule has 0 N–H and O–H groups in total. The van der Waals surface area contributed by atoms with E-state index >= 15 is 0 Å². The Kier molecular flexibility index (Phi) is 4.63. The van der Waals surface area contributed by atoms with Crippen molar-refractivity contribution in [2.45, 2.75) is 37.6 Å². The highest BCUT2D eigenvalue weighted by Crippen LogP contribution is 2.33. The van der Waals surface area contributed by atoms with Crippen LogP contribution < -0.4 is 0 Å². The lowest BCUT2D eigenvalue weighted by molar-refractivity contribution is 0.208. The lowest BCUT2D eigenvalue weighted by Crippen LogP contribution is -2.34. The first kappa shape index (κ1) is 13.1. The van der Waals surface area contributed by atoms with E-state index in [9.17, 15) is 0 Å². The molecule has 0 amide bonds. The van der Waals surface area contributed by atoms with Crippen molar-refractivity contribution in [3.63, 3.8) is 0 Å². The van der Waals surface area contributed by atoms with Gasteiger partial charge < -0.3 is 4.90 Å². The monoisotopic (exact) mass is 295 g/mol. The molecule has 2 rings (SSSR count). The van der Waals surface area contributed by atoms with E-state index in [0.29, 0.717) is 0 Å². The Morgan fingerprint density at radius 3 is 2.29 bits per heavy atom. The predicted octanol–water partition coefficient (Wildman–Crippen LogP) is 3.85. The maximum Gasteiger partial charge on any atom is 0.0230 e. The molecule has 17 heavy (non-hydrogen) atoms. The van der Waals surface area contributed by atoms with Crippen LogP contribution >= 0.6 is 15.9 Å². The number of aryl methyl sites for hydroxylation is 1. The van der Waals surface area contributed by atoms with Crippen LogP contribution in [0.2, 0.25) is 0 Å². The Morgan fingerprint density at radius 2 is 1.76 bits per heavy atom. The summed E-state index contributed by atoms with van der Waals surface area (Å²) >= 11 is 3.65. The van der Waals surface area contributed by atoms with Crippen LogP contribution in [-0.2, 0) is 13.0 Å². The van der Waals surface area contributed by atoms with Crippen molar-refractivity contribution >= 4 is 15.9 Å². The Hall–Kier alpha value is -0.340. The number of hydrogen-bond acceptors (Lipinski definition) is 1. The van der Waals surface area contributed by atoms with Crippen LogP contribution in [0.25, 0.3) is 0 Å². The van der Waals surface area contributed by atoms with E-state index in [1.165, 1.54) is 30.5 Å². The van der Waals surface area contributed by atoms with Gasteiger partial charge in [-0.05, 0) is 43.4 Å². The predicted molar refractivity (Wildman–Crippen MR) is 77.6 cm³/mol. The number of nitrogens with zero attached hydrogens (tertiary/aromatic N) is 1. The van der Waals surface area contributed by atoms with Gasteiger partial charge in [0.1, 0.15) is 0 Å². The highest BCUT2D eigenvalue weighted by molar-refractivity contribution is 9.09. The molecule has 0 aromatic heterocycles. The molecule has 1 fully saturated rings. The summed E-state index contributed by atoms with van der Waals surface area (Å²) in [5.74, 6) is 0.902. The fourth-order valence-electron chi connectivity index (χ4n) is 2.50. The molecule has 1 aliphatic carbocycles. The molecule has 0 radical (unpaired) electrons. The van der Waals surface area contributed by atoms with Gasteiger partial charge >= 0.3 is 0 Å². The van der Waals surface area contributed by atoms with Crippen LogP contribution in [0.15, 0.2) is 24.3 Å². The summed E-state index contributed by atoms with van der Waals surface area (Å²) in [4.78, 5) is 3.23. The minimum atomic E-state index is 0.782. The third-order valence-corrected chi connectivity index (χ3v) is 4.38. The largest absolute Gasteiger partial charge is 0.302 e. The van der Waals surface area contributed by atoms with Crippen LogP contribution in [0.5, 0.6) is 0 Å². The fraction of sp³-hybridized carbons (Fsp3) is 0.600. The van der Waals surface area contributed by atoms with Gasteiger partial charge in [-0.2, -0.15) is 0 Å². The molecule has 1 aliphatic rings. The number of halogens is 1. The van der Waals surface area contributed by atoms with Crippen LogP contribution in [0.1, 0.15) is 30.9 Å². The van der Waals surface area contributed by atoms with E-state index < -0.39 is 0 Å². The van der Waals surface area contributed by atoms with Crippen LogP contribution in [0.4, 0.5) is 0 Å². The Morgan fingerprint density at radius 1 is 1.18 bits per heavy atom. The topological polar surface area (TPSA) is 3.24 Å². The van der Waals surface area contributed by atoms with Gasteiger partial charge in [0.15, 0.2) is 0 Å². The zero-order valence-corrected chi connectivity index (χ0v) is 12.4. The molecular weight excluding hydrogens is 274 g/mol. The normalized spacial score (nSPS) is 23.8. The van der Waals surface area contributed by atoms with Crippen molar-refractivity contribution in [1.82, 2.24) is 4.90 Å². The SMILES string of the molecule is CCc1ccc(CN(C)CC2CC(Br)C2)cc1. The minimum absolute atomic E-state index is 0.782. The quantitative estimate of drug-likeness (QED) is 0.746. The molecular formula is C15H22BrN. The van der Waals surface area contributed by atoms with Crippen LogP contribution in [-0.4, -0.2) is 23.3 Å². The van der Waals surface area contributed by atoms with Gasteiger partial charge in [-0.1, -0.05) is 47.1 Å². The number of hydrogen-bond donors (Lipinski definition) is 0. The molecule has 0 unspecified atom stereocenters. The molecule has 0 spiro atoms. The maximum atomic E-state index is 3.65. The Balaban J connectivity index is 1.78. The van der Waals surface area contributed by atoms with Gasteiger partial charge in [-0.3, -0.25) is 0 Å². The second kappa shape index (κ2) is 6.01. The molecule has 1 aromatic rings. The van der Waals surface area contributed by atoms with Crippen molar-refractivity contribution in [3.05, 3.63) is 35.4 Å². The van der Waals surface area contributed by atoms with Gasteiger partial charge in [0, 0.05) is 17.9 Å². The summed E-state index contributed by atoms with van der Waals surface area (Å²) < 4.78 is 0. The first-order valence-corrected chi connectivity index (χ1v) is 7.49. The van der Waals surface area contributed by atoms with Crippen molar-refractivity contribution in [2.75, 3.05) is 13.6 Å². The smallest absolute Gasteiger partial charge is 0.0230 e. The van der Waals surface area contributed by atoms with E-state index in [-0.39, 0.29) is 0 Å². The number of benzene rings is 1. The van der Waals surface area contributed by atoms with E-state index in [1.54, 1.807) is 0 Å². The summed E-state index contributed by atoms with van der Waals surface area (Å²) in [7, 11) is 2.23. The molecule has 1 aromatic carbocycles. The number of alkyl halides is 1. The summed E-state index contributed by atoms with van der Waals surface area (Å²) in [5, 5.41) is 0. The van der Waals surface area contributed by atoms with Crippen molar-refractivity contribution in [3.8, 4) is 0 Å². The third kappa shape index (κ3) is 3.82. The average Bonchev–Trinajstić information content (AvgIpc) is 2.28. The van der Waals surface area contributed by atoms with Crippen molar-refractivity contribution < 1.29 is 0 Å². The van der Waals surface area contributed by atoms with Crippen molar-refractivity contribution in [1.29, 1.82) is 0 Å². The molecule has 0 atom stereocenters. The third-order valence-electron chi connectivity index (χ3n) is 3.63. The first-order valence-electron chi connectivity index (χ1n) is 6.57. The standard InChI is InChI=1S/C15H22BrN/c1-3-12-4-6-13(7-5-12)10-17(2)11-14-8-15(16)9-14/h4-7,14-15H,3,8-11H2,1-2H3. The summed E-state index contributed by atoms with van der Waals surface area (Å²) in [5.41, 5.74) is 2.86. The summed E-state index contributed by atoms with van der Waals surface area (Å²) in [6.07, 6.45) is 3.82. The summed E-state index contributed by atoms with van der Waals surface area (Å²) in [6.45, 7) is 4.51. The molecule has 2 heteroatoms. The maximum absolute atomic E-state index is 3.65. The van der Waals surface area contributed by atoms with Crippen LogP contribution in [0.3, 0.4) is 0 Å². The zero-order valence-electron chi connectivity index (χ0n) is 10.8. The molecule has 0 aliphatic heterocycles. The van der Waals surface area contributed by atoms with E-state index in [2.05, 4.69) is 59.1 Å². The second-order valence-electron chi connectivity index (χ2n) is 5.30. The minimum Gasteiger partial charge on any atom is -0.302 e. The molecule has 94 valence electrons. The van der Waals surface area contributed by atoms with E-state index in [1.807, 2.05) is 0 Å². The molecule has 1 nitrogen and oxygen atoms in total. The van der Waals surface area contributed by atoms with Gasteiger partial charge in [-0.25, -0.2) is 0 Å². The van der Waals surface area contributed by atoms with Gasteiger partial charge in [0.25, 0.3) is 0 Å². The van der Waals surface area contributed by atoms with Gasteiger partial charge in [-0.15, -0.1) is 0 Å². The molecule has 0 saturated heterocycles. The highest BCUT2D eigenvalue weighted by atomic mass is 79.9. The van der Waals surface area contributed by atoms with E-state index in [0.717, 1.165) is 23.7 Å². The zero-order chi connectivity index (χ0) is 12.3. The lowest BCUT2D eigenvalue weighted by atomic mass is 9.85. The molecule has 0 heterocycles. The highest BCUT2D eigenvalue weighted by Gasteiger charge is 2.27. The Bertz CT molecular complexity index is 340. The average molecular weight is 296 g/mol. The molecule has 1 saturated carbocycles. The Labute approximate surface area is 113 Å². The fourth-order valence-corrected chi connectivity index (χ4v) is 3.56. The lowest BCUT2D eigenvalue weighted by Gasteiger charge is -2.34. The second-order valence-corrected chi connectivity index (χ2v) is 6.60. The van der Waals surface area contributed by atoms with Gasteiger partial charge in [0.05, 0.1) is 0 Å².